The molecule has 0 aromatic heterocycles. The molecule has 0 atom stereocenters. The van der Waals surface area contributed by atoms with Crippen LogP contribution in [0.5, 0.6) is 11.5 Å². The van der Waals surface area contributed by atoms with Gasteiger partial charge < -0.3 is 14.8 Å². The van der Waals surface area contributed by atoms with E-state index in [0.717, 1.165) is 12.1 Å². The maximum atomic E-state index is 13.8. The highest BCUT2D eigenvalue weighted by atomic mass is 19.1. The molecule has 1 fully saturated rings. The van der Waals surface area contributed by atoms with Gasteiger partial charge in [-0.15, -0.1) is 0 Å². The zero-order chi connectivity index (χ0) is 17.5. The first-order valence-electron chi connectivity index (χ1n) is 9.03. The molecule has 1 aliphatic carbocycles. The van der Waals surface area contributed by atoms with Gasteiger partial charge in [-0.25, -0.2) is 4.39 Å². The number of hydrogen-bond acceptors (Lipinski definition) is 3. The Bertz CT molecular complexity index is 683. The van der Waals surface area contributed by atoms with E-state index in [-0.39, 0.29) is 12.4 Å². The molecule has 3 rings (SSSR count). The average molecular weight is 343 g/mol. The molecule has 4 heteroatoms. The second-order valence-corrected chi connectivity index (χ2v) is 6.54. The van der Waals surface area contributed by atoms with Crippen molar-refractivity contribution >= 4 is 0 Å². The van der Waals surface area contributed by atoms with Crippen molar-refractivity contribution in [1.29, 1.82) is 0 Å². The Labute approximate surface area is 149 Å². The van der Waals surface area contributed by atoms with E-state index in [9.17, 15) is 4.39 Å². The first-order valence-corrected chi connectivity index (χ1v) is 9.03. The van der Waals surface area contributed by atoms with Gasteiger partial charge in [0, 0.05) is 23.7 Å². The van der Waals surface area contributed by atoms with Crippen LogP contribution in [0.2, 0.25) is 0 Å². The summed E-state index contributed by atoms with van der Waals surface area (Å²) in [5.74, 6) is 1.12. The number of rotatable bonds is 7. The summed E-state index contributed by atoms with van der Waals surface area (Å²) in [6, 6.07) is 13.1. The van der Waals surface area contributed by atoms with Crippen LogP contribution in [0.4, 0.5) is 4.39 Å². The highest BCUT2D eigenvalue weighted by molar-refractivity contribution is 5.46. The first-order chi connectivity index (χ1) is 12.3. The molecular formula is C21H26FNO2. The van der Waals surface area contributed by atoms with E-state index in [2.05, 4.69) is 5.32 Å². The molecule has 0 spiro atoms. The minimum absolute atomic E-state index is 0.184. The van der Waals surface area contributed by atoms with E-state index in [1.807, 2.05) is 24.3 Å². The lowest BCUT2D eigenvalue weighted by Crippen LogP contribution is -2.30. The van der Waals surface area contributed by atoms with Crippen LogP contribution in [0.3, 0.4) is 0 Å². The van der Waals surface area contributed by atoms with Gasteiger partial charge in [0.05, 0.1) is 7.11 Å². The Morgan fingerprint density at radius 3 is 2.52 bits per heavy atom. The molecule has 1 aliphatic rings. The standard InChI is InChI=1S/C21H26FNO2/c1-24-20-13-7-9-16(14-23-18-10-3-2-4-11-18)21(20)25-15-17-8-5-6-12-19(17)22/h5-9,12-13,18,23H,2-4,10-11,14-15H2,1H3. The van der Waals surface area contributed by atoms with Crippen molar-refractivity contribution in [3.8, 4) is 11.5 Å². The molecule has 25 heavy (non-hydrogen) atoms. The molecule has 0 aliphatic heterocycles. The quantitative estimate of drug-likeness (QED) is 0.781. The summed E-state index contributed by atoms with van der Waals surface area (Å²) in [6.07, 6.45) is 6.40. The molecule has 3 nitrogen and oxygen atoms in total. The second-order valence-electron chi connectivity index (χ2n) is 6.54. The molecular weight excluding hydrogens is 317 g/mol. The van der Waals surface area contributed by atoms with Crippen LogP contribution in [0.1, 0.15) is 43.2 Å². The number of hydrogen-bond donors (Lipinski definition) is 1. The Kier molecular flexibility index (Phi) is 6.29. The third kappa shape index (κ3) is 4.73. The van der Waals surface area contributed by atoms with Crippen LogP contribution >= 0.6 is 0 Å². The largest absolute Gasteiger partial charge is 0.493 e. The van der Waals surface area contributed by atoms with Crippen molar-refractivity contribution in [2.24, 2.45) is 0 Å². The van der Waals surface area contributed by atoms with Crippen molar-refractivity contribution in [1.82, 2.24) is 5.32 Å². The van der Waals surface area contributed by atoms with Gasteiger partial charge in [0.2, 0.25) is 0 Å². The number of methoxy groups -OCH3 is 1. The second kappa shape index (κ2) is 8.86. The van der Waals surface area contributed by atoms with E-state index in [0.29, 0.717) is 23.1 Å². The Morgan fingerprint density at radius 1 is 1.00 bits per heavy atom. The number of para-hydroxylation sites is 1. The molecule has 0 unspecified atom stereocenters. The number of benzene rings is 2. The Balaban J connectivity index is 1.70. The van der Waals surface area contributed by atoms with Gasteiger partial charge in [-0.3, -0.25) is 0 Å². The summed E-state index contributed by atoms with van der Waals surface area (Å²) >= 11 is 0. The SMILES string of the molecule is COc1cccc(CNC2CCCCC2)c1OCc1ccccc1F. The topological polar surface area (TPSA) is 30.5 Å². The summed E-state index contributed by atoms with van der Waals surface area (Å²) in [5, 5.41) is 3.63. The lowest BCUT2D eigenvalue weighted by molar-refractivity contribution is 0.274. The molecule has 0 amide bonds. The molecule has 1 saturated carbocycles. The van der Waals surface area contributed by atoms with Gasteiger partial charge in [0.15, 0.2) is 11.5 Å². The highest BCUT2D eigenvalue weighted by Gasteiger charge is 2.16. The maximum Gasteiger partial charge on any atom is 0.166 e. The van der Waals surface area contributed by atoms with Gasteiger partial charge >= 0.3 is 0 Å². The van der Waals surface area contributed by atoms with E-state index < -0.39 is 0 Å². The van der Waals surface area contributed by atoms with Crippen molar-refractivity contribution in [3.63, 3.8) is 0 Å². The molecule has 0 radical (unpaired) electrons. The lowest BCUT2D eigenvalue weighted by atomic mass is 9.95. The lowest BCUT2D eigenvalue weighted by Gasteiger charge is -2.24. The summed E-state index contributed by atoms with van der Waals surface area (Å²) in [5.41, 5.74) is 1.58. The first kappa shape index (κ1) is 17.7. The van der Waals surface area contributed by atoms with Gasteiger partial charge in [-0.2, -0.15) is 0 Å². The molecule has 2 aromatic rings. The fourth-order valence-corrected chi connectivity index (χ4v) is 3.35. The molecule has 1 N–H and O–H groups in total. The third-order valence-electron chi connectivity index (χ3n) is 4.80. The summed E-state index contributed by atoms with van der Waals surface area (Å²) in [7, 11) is 1.63. The molecule has 134 valence electrons. The number of nitrogens with one attached hydrogen (secondary N) is 1. The van der Waals surface area contributed by atoms with Gasteiger partial charge in [-0.05, 0) is 25.0 Å². The van der Waals surface area contributed by atoms with E-state index in [4.69, 9.17) is 9.47 Å². The molecule has 0 bridgehead atoms. The van der Waals surface area contributed by atoms with Gasteiger partial charge in [0.25, 0.3) is 0 Å². The van der Waals surface area contributed by atoms with Crippen LogP contribution in [0.15, 0.2) is 42.5 Å². The molecule has 0 saturated heterocycles. The minimum atomic E-state index is -0.251. The van der Waals surface area contributed by atoms with Crippen LogP contribution in [0, 0.1) is 5.82 Å². The Hall–Kier alpha value is -2.07. The van der Waals surface area contributed by atoms with E-state index >= 15 is 0 Å². The minimum Gasteiger partial charge on any atom is -0.493 e. The smallest absolute Gasteiger partial charge is 0.166 e. The zero-order valence-electron chi connectivity index (χ0n) is 14.8. The fourth-order valence-electron chi connectivity index (χ4n) is 3.35. The van der Waals surface area contributed by atoms with Crippen LogP contribution in [-0.2, 0) is 13.2 Å². The van der Waals surface area contributed by atoms with Gasteiger partial charge in [0.1, 0.15) is 12.4 Å². The average Bonchev–Trinajstić information content (AvgIpc) is 2.66. The summed E-state index contributed by atoms with van der Waals surface area (Å²) in [6.45, 7) is 0.915. The van der Waals surface area contributed by atoms with Crippen molar-refractivity contribution < 1.29 is 13.9 Å². The normalized spacial score (nSPS) is 15.1. The molecule has 2 aromatic carbocycles. The highest BCUT2D eigenvalue weighted by Crippen LogP contribution is 2.32. The third-order valence-corrected chi connectivity index (χ3v) is 4.80. The van der Waals surface area contributed by atoms with Crippen LogP contribution in [-0.4, -0.2) is 13.2 Å². The summed E-state index contributed by atoms with van der Waals surface area (Å²) in [4.78, 5) is 0. The number of halogens is 1. The predicted octanol–water partition coefficient (Wildman–Crippen LogP) is 4.84. The monoisotopic (exact) mass is 343 g/mol. The zero-order valence-corrected chi connectivity index (χ0v) is 14.8. The van der Waals surface area contributed by atoms with Crippen molar-refractivity contribution in [2.75, 3.05) is 7.11 Å². The van der Waals surface area contributed by atoms with Gasteiger partial charge in [-0.1, -0.05) is 49.6 Å². The van der Waals surface area contributed by atoms with Crippen molar-refractivity contribution in [2.45, 2.75) is 51.3 Å². The van der Waals surface area contributed by atoms with E-state index in [1.165, 1.54) is 38.2 Å². The van der Waals surface area contributed by atoms with Crippen LogP contribution < -0.4 is 14.8 Å². The molecule has 0 heterocycles. The van der Waals surface area contributed by atoms with Crippen LogP contribution in [0.25, 0.3) is 0 Å². The maximum absolute atomic E-state index is 13.8. The van der Waals surface area contributed by atoms with E-state index in [1.54, 1.807) is 19.2 Å². The Morgan fingerprint density at radius 2 is 1.76 bits per heavy atom. The van der Waals surface area contributed by atoms with Crippen molar-refractivity contribution in [3.05, 3.63) is 59.4 Å². The predicted molar refractivity (Wildman–Crippen MR) is 97.4 cm³/mol. The summed E-state index contributed by atoms with van der Waals surface area (Å²) < 4.78 is 25.3. The number of ether oxygens (including phenoxy) is 2. The fraction of sp³-hybridized carbons (Fsp3) is 0.429.